The number of hydrogen-bond donors (Lipinski definition) is 4. The number of allylic oxidation sites excluding steroid dienone is 2. The molecule has 0 aliphatic heterocycles. The van der Waals surface area contributed by atoms with Gasteiger partial charge in [0.15, 0.2) is 11.6 Å². The van der Waals surface area contributed by atoms with Crippen molar-refractivity contribution in [2.75, 3.05) is 23.8 Å². The maximum absolute atomic E-state index is 13.8. The van der Waals surface area contributed by atoms with Gasteiger partial charge in [-0.3, -0.25) is 19.2 Å². The molecule has 47 heavy (non-hydrogen) atoms. The van der Waals surface area contributed by atoms with E-state index in [1.807, 2.05) is 0 Å². The van der Waals surface area contributed by atoms with Crippen molar-refractivity contribution in [2.24, 2.45) is 0 Å². The van der Waals surface area contributed by atoms with Crippen molar-refractivity contribution in [2.45, 2.75) is 36.5 Å². The van der Waals surface area contributed by atoms with Crippen molar-refractivity contribution < 1.29 is 56.9 Å². The number of carbonyl (C=O) groups is 6. The van der Waals surface area contributed by atoms with Gasteiger partial charge in [-0.05, 0) is 50.3 Å². The molecular weight excluding hydrogens is 636 g/mol. The highest BCUT2D eigenvalue weighted by atomic mass is 32.2. The molecule has 0 radical (unpaired) electrons. The van der Waals surface area contributed by atoms with Crippen LogP contribution in [-0.2, 0) is 48.1 Å². The van der Waals surface area contributed by atoms with E-state index in [1.165, 1.54) is 26.0 Å². The Morgan fingerprint density at radius 3 is 1.38 bits per heavy atom. The van der Waals surface area contributed by atoms with Crippen molar-refractivity contribution in [3.8, 4) is 11.5 Å². The second-order valence-electron chi connectivity index (χ2n) is 9.71. The summed E-state index contributed by atoms with van der Waals surface area (Å²) in [6, 6.07) is 6.62. The van der Waals surface area contributed by atoms with Crippen LogP contribution in [0.4, 0.5) is 11.4 Å². The van der Waals surface area contributed by atoms with E-state index in [0.29, 0.717) is 0 Å². The number of phenols is 2. The van der Waals surface area contributed by atoms with Gasteiger partial charge in [0.25, 0.3) is 0 Å². The van der Waals surface area contributed by atoms with Crippen molar-refractivity contribution in [1.82, 2.24) is 0 Å². The number of sulfone groups is 1. The minimum Gasteiger partial charge on any atom is -0.506 e. The first-order valence-corrected chi connectivity index (χ1v) is 15.1. The Hall–Kier alpha value is -5.83. The number of anilines is 2. The number of aromatic hydroxyl groups is 2. The average Bonchev–Trinajstić information content (AvgIpc) is 3.00. The molecule has 2 amide bonds. The smallest absolute Gasteiger partial charge is 0.333 e. The summed E-state index contributed by atoms with van der Waals surface area (Å²) in [5.74, 6) is -5.88. The second kappa shape index (κ2) is 17.0. The monoisotopic (exact) mass is 668 g/mol. The molecule has 2 aromatic rings. The highest BCUT2D eigenvalue weighted by Crippen LogP contribution is 2.39. The maximum Gasteiger partial charge on any atom is 0.333 e. The van der Waals surface area contributed by atoms with Crippen LogP contribution in [0.2, 0.25) is 0 Å². The lowest BCUT2D eigenvalue weighted by Crippen LogP contribution is -2.16. The van der Waals surface area contributed by atoms with Crippen molar-refractivity contribution in [3.63, 3.8) is 0 Å². The molecule has 0 spiro atoms. The number of ether oxygens (including phenoxy) is 2. The average molecular weight is 669 g/mol. The molecule has 248 valence electrons. The molecule has 0 fully saturated rings. The van der Waals surface area contributed by atoms with Crippen LogP contribution in [0.1, 0.15) is 26.7 Å². The Kier molecular flexibility index (Phi) is 13.5. The summed E-state index contributed by atoms with van der Waals surface area (Å²) in [6.07, 6.45) is 2.80. The van der Waals surface area contributed by atoms with Gasteiger partial charge in [-0.1, -0.05) is 25.3 Å². The summed E-state index contributed by atoms with van der Waals surface area (Å²) in [5.41, 5.74) is -0.851. The summed E-state index contributed by atoms with van der Waals surface area (Å²) in [4.78, 5) is 70.7. The molecule has 2 rings (SSSR count). The predicted octanol–water partition coefficient (Wildman–Crippen LogP) is 3.08. The van der Waals surface area contributed by atoms with Crippen molar-refractivity contribution in [3.05, 3.63) is 85.0 Å². The van der Waals surface area contributed by atoms with Crippen molar-refractivity contribution >= 4 is 56.5 Å². The molecular formula is C32H32N2O12S. The number of phenolic OH excluding ortho intramolecular Hbond substituents is 2. The van der Waals surface area contributed by atoms with Crippen LogP contribution in [-0.4, -0.2) is 67.2 Å². The molecule has 0 saturated heterocycles. The Labute approximate surface area is 270 Å². The van der Waals surface area contributed by atoms with Gasteiger partial charge in [0.1, 0.15) is 22.9 Å². The Bertz CT molecular complexity index is 1670. The lowest BCUT2D eigenvalue weighted by atomic mass is 10.2. The van der Waals surface area contributed by atoms with Crippen LogP contribution < -0.4 is 10.6 Å². The fraction of sp³-hybridized carbons (Fsp3) is 0.188. The largest absolute Gasteiger partial charge is 0.506 e. The Morgan fingerprint density at radius 2 is 1.04 bits per heavy atom. The molecule has 0 heterocycles. The number of esters is 2. The van der Waals surface area contributed by atoms with E-state index >= 15 is 0 Å². The minimum atomic E-state index is -4.70. The zero-order chi connectivity index (χ0) is 35.3. The van der Waals surface area contributed by atoms with Crippen LogP contribution in [0, 0.1) is 0 Å². The summed E-state index contributed by atoms with van der Waals surface area (Å²) in [5, 5.41) is 25.3. The third-order valence-corrected chi connectivity index (χ3v) is 7.62. The Balaban J connectivity index is 2.24. The molecule has 0 saturated carbocycles. The highest BCUT2D eigenvalue weighted by molar-refractivity contribution is 7.91. The predicted molar refractivity (Wildman–Crippen MR) is 168 cm³/mol. The third kappa shape index (κ3) is 11.2. The van der Waals surface area contributed by atoms with Crippen LogP contribution in [0.3, 0.4) is 0 Å². The van der Waals surface area contributed by atoms with Gasteiger partial charge in [-0.25, -0.2) is 18.0 Å². The normalized spacial score (nSPS) is 11.1. The van der Waals surface area contributed by atoms with Gasteiger partial charge in [-0.2, -0.15) is 0 Å². The molecule has 0 aliphatic carbocycles. The summed E-state index contributed by atoms with van der Waals surface area (Å²) < 4.78 is 37.1. The van der Waals surface area contributed by atoms with E-state index in [2.05, 4.69) is 23.8 Å². The molecule has 15 heteroatoms. The van der Waals surface area contributed by atoms with Gasteiger partial charge in [0.2, 0.25) is 21.7 Å². The number of benzene rings is 2. The number of nitrogens with one attached hydrogen (secondary N) is 2. The summed E-state index contributed by atoms with van der Waals surface area (Å²) in [6.45, 7) is 9.14. The number of para-hydroxylation sites is 2. The SMILES string of the molecule is C=C(C)C(=O)OCCC(=O)C=CC(=O)Nc1c(O)cccc1S(=O)(=O)c1cccc(O)c1NC(=O)C=CC(=O)CCOC(=O)C(=C)C. The first kappa shape index (κ1) is 37.4. The molecule has 0 atom stereocenters. The minimum absolute atomic E-state index is 0.141. The summed E-state index contributed by atoms with van der Waals surface area (Å²) in [7, 11) is -4.70. The van der Waals surface area contributed by atoms with Gasteiger partial charge in [-0.15, -0.1) is 0 Å². The topological polar surface area (TPSA) is 220 Å². The van der Waals surface area contributed by atoms with Crippen LogP contribution >= 0.6 is 0 Å². The summed E-state index contributed by atoms with van der Waals surface area (Å²) >= 11 is 0. The fourth-order valence-electron chi connectivity index (χ4n) is 3.43. The van der Waals surface area contributed by atoms with E-state index in [4.69, 9.17) is 9.47 Å². The number of rotatable bonds is 16. The molecule has 2 aromatic carbocycles. The van der Waals surface area contributed by atoms with E-state index < -0.39 is 77.8 Å². The number of carbonyl (C=O) groups excluding carboxylic acids is 6. The van der Waals surface area contributed by atoms with Gasteiger partial charge in [0, 0.05) is 36.1 Å². The maximum atomic E-state index is 13.8. The van der Waals surface area contributed by atoms with Crippen LogP contribution in [0.15, 0.2) is 94.8 Å². The van der Waals surface area contributed by atoms with E-state index in [0.717, 1.165) is 48.6 Å². The van der Waals surface area contributed by atoms with Crippen LogP contribution in [0.5, 0.6) is 11.5 Å². The lowest BCUT2D eigenvalue weighted by Gasteiger charge is -2.16. The van der Waals surface area contributed by atoms with Crippen LogP contribution in [0.25, 0.3) is 0 Å². The quantitative estimate of drug-likeness (QED) is 0.115. The third-order valence-electron chi connectivity index (χ3n) is 5.79. The standard InChI is InChI=1S/C32H32N2O12S/c1-19(2)31(41)45-17-15-21(35)11-13-27(39)33-29-23(37)7-5-9-25(29)47(43,44)26-10-6-8-24(38)30(26)34-28(40)14-12-22(36)16-18-46-32(42)20(3)4/h5-14,37-38H,1,3,15-18H2,2,4H3,(H,33,39)(H,34,40). The zero-order valence-electron chi connectivity index (χ0n) is 25.4. The molecule has 14 nitrogen and oxygen atoms in total. The molecule has 0 aliphatic rings. The number of ketones is 2. The molecule has 0 bridgehead atoms. The fourth-order valence-corrected chi connectivity index (χ4v) is 5.03. The van der Waals surface area contributed by atoms with Gasteiger partial charge < -0.3 is 30.3 Å². The zero-order valence-corrected chi connectivity index (χ0v) is 26.2. The molecule has 4 N–H and O–H groups in total. The van der Waals surface area contributed by atoms with Crippen molar-refractivity contribution in [1.29, 1.82) is 0 Å². The first-order chi connectivity index (χ1) is 22.0. The number of amides is 2. The molecule has 0 aromatic heterocycles. The highest BCUT2D eigenvalue weighted by Gasteiger charge is 2.28. The Morgan fingerprint density at radius 1 is 0.681 bits per heavy atom. The van der Waals surface area contributed by atoms with Gasteiger partial charge >= 0.3 is 11.9 Å². The first-order valence-electron chi connectivity index (χ1n) is 13.6. The molecule has 0 unspecified atom stereocenters. The van der Waals surface area contributed by atoms with E-state index in [9.17, 15) is 47.4 Å². The van der Waals surface area contributed by atoms with E-state index in [1.54, 1.807) is 0 Å². The van der Waals surface area contributed by atoms with E-state index in [-0.39, 0.29) is 37.2 Å². The second-order valence-corrected chi connectivity index (χ2v) is 11.6. The lowest BCUT2D eigenvalue weighted by molar-refractivity contribution is -0.140. The van der Waals surface area contributed by atoms with Gasteiger partial charge in [0.05, 0.1) is 23.0 Å². The number of hydrogen-bond acceptors (Lipinski definition) is 12.